The van der Waals surface area contributed by atoms with Crippen LogP contribution in [0.4, 0.5) is 5.69 Å². The molecule has 2 aromatic carbocycles. The van der Waals surface area contributed by atoms with Crippen LogP contribution in [0.3, 0.4) is 0 Å². The Labute approximate surface area is 146 Å². The number of rotatable bonds is 5. The molecule has 5 heteroatoms. The van der Waals surface area contributed by atoms with Crippen LogP contribution in [0.5, 0.6) is 5.75 Å². The number of carbonyl (C=O) groups excluding carboxylic acids is 2. The number of carbonyl (C=O) groups is 2. The normalized spacial score (nSPS) is 12.5. The average molecular weight is 337 g/mol. The van der Waals surface area contributed by atoms with E-state index < -0.39 is 0 Å². The van der Waals surface area contributed by atoms with E-state index in [0.29, 0.717) is 24.5 Å². The Kier molecular flexibility index (Phi) is 5.14. The van der Waals surface area contributed by atoms with Crippen molar-refractivity contribution in [3.05, 3.63) is 65.2 Å². The third-order valence-corrected chi connectivity index (χ3v) is 3.80. The van der Waals surface area contributed by atoms with E-state index in [1.807, 2.05) is 18.2 Å². The minimum atomic E-state index is -0.374. The molecule has 1 N–H and O–H groups in total. The first-order valence-electron chi connectivity index (χ1n) is 8.17. The topological polar surface area (TPSA) is 64.6 Å². The predicted molar refractivity (Wildman–Crippen MR) is 95.7 cm³/mol. The van der Waals surface area contributed by atoms with Crippen LogP contribution < -0.4 is 10.1 Å². The maximum atomic E-state index is 12.0. The fourth-order valence-corrected chi connectivity index (χ4v) is 2.57. The molecular formula is C20H19NO4. The third-order valence-electron chi connectivity index (χ3n) is 3.80. The van der Waals surface area contributed by atoms with Crippen molar-refractivity contribution in [2.75, 3.05) is 18.5 Å². The Morgan fingerprint density at radius 2 is 2.00 bits per heavy atom. The second-order valence-corrected chi connectivity index (χ2v) is 5.59. The highest BCUT2D eigenvalue weighted by molar-refractivity contribution is 6.02. The molecule has 1 heterocycles. The van der Waals surface area contributed by atoms with Gasteiger partial charge in [0.1, 0.15) is 5.75 Å². The first-order valence-corrected chi connectivity index (χ1v) is 8.17. The van der Waals surface area contributed by atoms with Gasteiger partial charge in [-0.2, -0.15) is 0 Å². The molecule has 0 saturated carbocycles. The highest BCUT2D eigenvalue weighted by Crippen LogP contribution is 2.26. The molecular weight excluding hydrogens is 318 g/mol. The zero-order valence-electron chi connectivity index (χ0n) is 14.0. The smallest absolute Gasteiger partial charge is 0.338 e. The van der Waals surface area contributed by atoms with Gasteiger partial charge in [0.15, 0.2) is 0 Å². The van der Waals surface area contributed by atoms with Crippen LogP contribution in [0, 0.1) is 0 Å². The molecule has 0 bridgehead atoms. The van der Waals surface area contributed by atoms with Crippen LogP contribution >= 0.6 is 0 Å². The lowest BCUT2D eigenvalue weighted by Gasteiger charge is -2.05. The molecule has 0 atom stereocenters. The molecule has 3 rings (SSSR count). The van der Waals surface area contributed by atoms with Crippen molar-refractivity contribution in [3.8, 4) is 5.75 Å². The number of benzene rings is 2. The van der Waals surface area contributed by atoms with Crippen LogP contribution in [-0.4, -0.2) is 25.1 Å². The Morgan fingerprint density at radius 1 is 1.20 bits per heavy atom. The summed E-state index contributed by atoms with van der Waals surface area (Å²) < 4.78 is 10.4. The fraction of sp³-hybridized carbons (Fsp3) is 0.200. The summed E-state index contributed by atoms with van der Waals surface area (Å²) in [5, 5.41) is 2.76. The molecule has 0 aromatic heterocycles. The summed E-state index contributed by atoms with van der Waals surface area (Å²) in [6, 6.07) is 12.5. The molecule has 2 aromatic rings. The van der Waals surface area contributed by atoms with Crippen LogP contribution in [0.2, 0.25) is 0 Å². The van der Waals surface area contributed by atoms with Gasteiger partial charge >= 0.3 is 5.97 Å². The van der Waals surface area contributed by atoms with Crippen molar-refractivity contribution in [2.45, 2.75) is 13.3 Å². The van der Waals surface area contributed by atoms with Crippen molar-refractivity contribution in [3.63, 3.8) is 0 Å². The molecule has 1 amide bonds. The van der Waals surface area contributed by atoms with E-state index in [9.17, 15) is 9.59 Å². The molecule has 1 aliphatic rings. The van der Waals surface area contributed by atoms with Crippen LogP contribution in [0.15, 0.2) is 48.5 Å². The summed E-state index contributed by atoms with van der Waals surface area (Å²) in [6.07, 6.45) is 4.15. The summed E-state index contributed by atoms with van der Waals surface area (Å²) in [4.78, 5) is 23.6. The summed E-state index contributed by atoms with van der Waals surface area (Å²) in [5.41, 5.74) is 3.19. The van der Waals surface area contributed by atoms with Crippen LogP contribution in [-0.2, 0) is 16.0 Å². The van der Waals surface area contributed by atoms with Crippen molar-refractivity contribution < 1.29 is 19.1 Å². The highest BCUT2D eigenvalue weighted by atomic mass is 16.5. The SMILES string of the molecule is CCOC(=O)c1ccc(NC(=O)/C=C/c2ccc3c(c2)CCO3)cc1. The Bertz CT molecular complexity index is 809. The van der Waals surface area contributed by atoms with Gasteiger partial charge in [-0.15, -0.1) is 0 Å². The van der Waals surface area contributed by atoms with Crippen molar-refractivity contribution in [1.82, 2.24) is 0 Å². The first kappa shape index (κ1) is 16.8. The molecule has 0 aliphatic carbocycles. The van der Waals surface area contributed by atoms with Gasteiger partial charge in [0.25, 0.3) is 0 Å². The second kappa shape index (κ2) is 7.66. The molecule has 0 saturated heterocycles. The van der Waals surface area contributed by atoms with Gasteiger partial charge in [-0.25, -0.2) is 4.79 Å². The predicted octanol–water partition coefficient (Wildman–Crippen LogP) is 3.45. The largest absolute Gasteiger partial charge is 0.493 e. The number of esters is 1. The number of amides is 1. The van der Waals surface area contributed by atoms with Gasteiger partial charge in [-0.05, 0) is 60.5 Å². The maximum Gasteiger partial charge on any atom is 0.338 e. The zero-order chi connectivity index (χ0) is 17.6. The maximum absolute atomic E-state index is 12.0. The Hall–Kier alpha value is -3.08. The monoisotopic (exact) mass is 337 g/mol. The van der Waals surface area contributed by atoms with Crippen LogP contribution in [0.1, 0.15) is 28.4 Å². The zero-order valence-corrected chi connectivity index (χ0v) is 14.0. The lowest BCUT2D eigenvalue weighted by atomic mass is 10.1. The van der Waals surface area contributed by atoms with Gasteiger partial charge in [-0.1, -0.05) is 6.07 Å². The number of anilines is 1. The van der Waals surface area contributed by atoms with Crippen molar-refractivity contribution >= 4 is 23.6 Å². The van der Waals surface area contributed by atoms with Gasteiger partial charge < -0.3 is 14.8 Å². The van der Waals surface area contributed by atoms with E-state index in [1.165, 1.54) is 6.08 Å². The molecule has 1 aliphatic heterocycles. The van der Waals surface area contributed by atoms with Crippen molar-refractivity contribution in [1.29, 1.82) is 0 Å². The number of hydrogen-bond donors (Lipinski definition) is 1. The lowest BCUT2D eigenvalue weighted by molar-refractivity contribution is -0.111. The number of ether oxygens (including phenoxy) is 2. The van der Waals surface area contributed by atoms with Gasteiger partial charge in [0, 0.05) is 18.2 Å². The standard InChI is InChI=1S/C20H19NO4/c1-2-24-20(23)15-5-7-17(8-6-15)21-19(22)10-4-14-3-9-18-16(13-14)11-12-25-18/h3-10,13H,2,11-12H2,1H3,(H,21,22)/b10-4+. The molecule has 0 fully saturated rings. The Balaban J connectivity index is 1.59. The van der Waals surface area contributed by atoms with E-state index in [1.54, 1.807) is 37.3 Å². The minimum Gasteiger partial charge on any atom is -0.493 e. The summed E-state index contributed by atoms with van der Waals surface area (Å²) in [5.74, 6) is 0.310. The number of hydrogen-bond acceptors (Lipinski definition) is 4. The summed E-state index contributed by atoms with van der Waals surface area (Å²) >= 11 is 0. The van der Waals surface area contributed by atoms with Gasteiger partial charge in [0.05, 0.1) is 18.8 Å². The van der Waals surface area contributed by atoms with E-state index in [2.05, 4.69) is 5.32 Å². The number of fused-ring (bicyclic) bond motifs is 1. The van der Waals surface area contributed by atoms with Gasteiger partial charge in [0.2, 0.25) is 5.91 Å². The molecule has 25 heavy (non-hydrogen) atoms. The molecule has 0 unspecified atom stereocenters. The third kappa shape index (κ3) is 4.26. The van der Waals surface area contributed by atoms with Crippen molar-refractivity contribution in [2.24, 2.45) is 0 Å². The highest BCUT2D eigenvalue weighted by Gasteiger charge is 2.11. The van der Waals surface area contributed by atoms with E-state index in [0.717, 1.165) is 23.3 Å². The Morgan fingerprint density at radius 3 is 2.76 bits per heavy atom. The first-order chi connectivity index (χ1) is 12.2. The summed E-state index contributed by atoms with van der Waals surface area (Å²) in [6.45, 7) is 2.80. The quantitative estimate of drug-likeness (QED) is 0.670. The molecule has 5 nitrogen and oxygen atoms in total. The molecule has 128 valence electrons. The molecule has 0 spiro atoms. The average Bonchev–Trinajstić information content (AvgIpc) is 3.08. The van der Waals surface area contributed by atoms with Gasteiger partial charge in [-0.3, -0.25) is 4.79 Å². The summed E-state index contributed by atoms with van der Waals surface area (Å²) in [7, 11) is 0. The van der Waals surface area contributed by atoms with E-state index >= 15 is 0 Å². The number of nitrogens with one attached hydrogen (secondary N) is 1. The van der Waals surface area contributed by atoms with Crippen LogP contribution in [0.25, 0.3) is 6.08 Å². The molecule has 0 radical (unpaired) electrons. The minimum absolute atomic E-state index is 0.236. The second-order valence-electron chi connectivity index (χ2n) is 5.59. The lowest BCUT2D eigenvalue weighted by Crippen LogP contribution is -2.08. The fourth-order valence-electron chi connectivity index (χ4n) is 2.57. The van der Waals surface area contributed by atoms with E-state index in [4.69, 9.17) is 9.47 Å². The van der Waals surface area contributed by atoms with E-state index in [-0.39, 0.29) is 11.9 Å².